The summed E-state index contributed by atoms with van der Waals surface area (Å²) in [7, 11) is 0. The first-order chi connectivity index (χ1) is 10.0. The van der Waals surface area contributed by atoms with Gasteiger partial charge in [0.15, 0.2) is 0 Å². The van der Waals surface area contributed by atoms with Crippen LogP contribution in [0.1, 0.15) is 27.6 Å². The Morgan fingerprint density at radius 1 is 1.00 bits per heavy atom. The number of amides is 1. The molecule has 4 nitrogen and oxygen atoms in total. The van der Waals surface area contributed by atoms with Crippen molar-refractivity contribution in [2.24, 2.45) is 0 Å². The molecule has 0 aliphatic heterocycles. The second kappa shape index (κ2) is 6.17. The molecular weight excluding hydrogens is 273 g/mol. The van der Waals surface area contributed by atoms with Gasteiger partial charge in [-0.1, -0.05) is 0 Å². The third-order valence-electron chi connectivity index (χ3n) is 3.08. The summed E-state index contributed by atoms with van der Waals surface area (Å²) in [6.07, 6.45) is 0. The Hall–Kier alpha value is -2.69. The quantitative estimate of drug-likeness (QED) is 0.939. The highest BCUT2D eigenvalue weighted by Crippen LogP contribution is 2.18. The summed E-state index contributed by atoms with van der Waals surface area (Å²) in [6, 6.07) is 11.3. The summed E-state index contributed by atoms with van der Waals surface area (Å²) in [5.41, 5.74) is 1.09. The van der Waals surface area contributed by atoms with E-state index in [-0.39, 0.29) is 17.3 Å². The first-order valence-electron chi connectivity index (χ1n) is 6.43. The molecule has 0 saturated heterocycles. The molecule has 0 radical (unpaired) electrons. The maximum Gasteiger partial charge on any atom is 0.335 e. The van der Waals surface area contributed by atoms with Crippen LogP contribution >= 0.6 is 0 Å². The van der Waals surface area contributed by atoms with Gasteiger partial charge in [-0.2, -0.15) is 0 Å². The lowest BCUT2D eigenvalue weighted by Crippen LogP contribution is -2.30. The van der Waals surface area contributed by atoms with Crippen LogP contribution in [0.3, 0.4) is 0 Å². The van der Waals surface area contributed by atoms with Crippen molar-refractivity contribution >= 4 is 17.6 Å². The van der Waals surface area contributed by atoms with Crippen molar-refractivity contribution in [2.75, 3.05) is 11.4 Å². The van der Waals surface area contributed by atoms with Gasteiger partial charge >= 0.3 is 5.97 Å². The minimum Gasteiger partial charge on any atom is -0.478 e. The van der Waals surface area contributed by atoms with E-state index in [2.05, 4.69) is 0 Å². The zero-order valence-electron chi connectivity index (χ0n) is 11.4. The number of carbonyl (C=O) groups is 2. The first-order valence-corrected chi connectivity index (χ1v) is 6.43. The van der Waals surface area contributed by atoms with E-state index < -0.39 is 5.97 Å². The van der Waals surface area contributed by atoms with Crippen molar-refractivity contribution in [3.05, 3.63) is 65.5 Å². The van der Waals surface area contributed by atoms with E-state index in [4.69, 9.17) is 5.11 Å². The predicted octanol–water partition coefficient (Wildman–Crippen LogP) is 3.19. The summed E-state index contributed by atoms with van der Waals surface area (Å²) >= 11 is 0. The molecule has 0 bridgehead atoms. The van der Waals surface area contributed by atoms with Gasteiger partial charge in [-0.3, -0.25) is 4.79 Å². The van der Waals surface area contributed by atoms with E-state index in [1.165, 1.54) is 53.4 Å². The maximum atomic E-state index is 12.9. The lowest BCUT2D eigenvalue weighted by atomic mass is 10.1. The number of carboxylic acids is 1. The third kappa shape index (κ3) is 3.25. The SMILES string of the molecule is CCN(C(=O)c1ccc(C(=O)O)cc1)c1ccc(F)cc1. The maximum absolute atomic E-state index is 12.9. The Bertz CT molecular complexity index is 650. The lowest BCUT2D eigenvalue weighted by molar-refractivity contribution is 0.0696. The van der Waals surface area contributed by atoms with Crippen LogP contribution in [0.5, 0.6) is 0 Å². The van der Waals surface area contributed by atoms with E-state index >= 15 is 0 Å². The molecular formula is C16H14FNO3. The average molecular weight is 287 g/mol. The van der Waals surface area contributed by atoms with Crippen molar-refractivity contribution in [1.82, 2.24) is 0 Å². The number of benzene rings is 2. The van der Waals surface area contributed by atoms with Crippen molar-refractivity contribution in [3.8, 4) is 0 Å². The Balaban J connectivity index is 2.27. The minimum absolute atomic E-state index is 0.122. The van der Waals surface area contributed by atoms with Crippen LogP contribution in [0.4, 0.5) is 10.1 Å². The number of anilines is 1. The van der Waals surface area contributed by atoms with Gasteiger partial charge in [0.05, 0.1) is 5.56 Å². The average Bonchev–Trinajstić information content (AvgIpc) is 2.50. The van der Waals surface area contributed by atoms with Crippen molar-refractivity contribution < 1.29 is 19.1 Å². The van der Waals surface area contributed by atoms with Crippen LogP contribution in [0.15, 0.2) is 48.5 Å². The standard InChI is InChI=1S/C16H14FNO3/c1-2-18(14-9-7-13(17)8-10-14)15(19)11-3-5-12(6-4-11)16(20)21/h3-10H,2H2,1H3,(H,20,21). The normalized spacial score (nSPS) is 10.2. The predicted molar refractivity (Wildman–Crippen MR) is 77.2 cm³/mol. The second-order valence-electron chi connectivity index (χ2n) is 4.41. The van der Waals surface area contributed by atoms with Gasteiger partial charge in [0, 0.05) is 17.8 Å². The molecule has 2 rings (SSSR count). The Morgan fingerprint density at radius 2 is 1.52 bits per heavy atom. The van der Waals surface area contributed by atoms with Crippen LogP contribution < -0.4 is 4.90 Å². The minimum atomic E-state index is -1.04. The number of rotatable bonds is 4. The molecule has 21 heavy (non-hydrogen) atoms. The highest BCUT2D eigenvalue weighted by molar-refractivity contribution is 6.06. The van der Waals surface area contributed by atoms with E-state index in [0.29, 0.717) is 17.8 Å². The van der Waals surface area contributed by atoms with Gasteiger partial charge in [0.1, 0.15) is 5.82 Å². The monoisotopic (exact) mass is 287 g/mol. The summed E-state index contributed by atoms with van der Waals surface area (Å²) in [5.74, 6) is -1.67. The molecule has 0 heterocycles. The van der Waals surface area contributed by atoms with Gasteiger partial charge in [0.2, 0.25) is 0 Å². The molecule has 2 aromatic carbocycles. The van der Waals surface area contributed by atoms with Crippen molar-refractivity contribution in [1.29, 1.82) is 0 Å². The second-order valence-corrected chi connectivity index (χ2v) is 4.41. The molecule has 0 aliphatic carbocycles. The van der Waals surface area contributed by atoms with E-state index in [0.717, 1.165) is 0 Å². The van der Waals surface area contributed by atoms with Crippen molar-refractivity contribution in [3.63, 3.8) is 0 Å². The Labute approximate surface area is 121 Å². The van der Waals surface area contributed by atoms with E-state index in [1.807, 2.05) is 6.92 Å². The Kier molecular flexibility index (Phi) is 4.33. The third-order valence-corrected chi connectivity index (χ3v) is 3.08. The summed E-state index contributed by atoms with van der Waals surface area (Å²) in [5, 5.41) is 8.84. The number of aromatic carboxylic acids is 1. The largest absolute Gasteiger partial charge is 0.478 e. The number of hydrogen-bond acceptors (Lipinski definition) is 2. The molecule has 0 aliphatic rings. The summed E-state index contributed by atoms with van der Waals surface area (Å²) in [6.45, 7) is 2.23. The highest BCUT2D eigenvalue weighted by Gasteiger charge is 2.16. The van der Waals surface area contributed by atoms with Crippen LogP contribution in [-0.4, -0.2) is 23.5 Å². The van der Waals surface area contributed by atoms with E-state index in [1.54, 1.807) is 0 Å². The molecule has 1 N–H and O–H groups in total. The van der Waals surface area contributed by atoms with Crippen LogP contribution in [0.25, 0.3) is 0 Å². The summed E-state index contributed by atoms with van der Waals surface area (Å²) in [4.78, 5) is 24.7. The highest BCUT2D eigenvalue weighted by atomic mass is 19.1. The molecule has 0 saturated carbocycles. The molecule has 2 aromatic rings. The Morgan fingerprint density at radius 3 is 2.00 bits per heavy atom. The van der Waals surface area contributed by atoms with E-state index in [9.17, 15) is 14.0 Å². The van der Waals surface area contributed by atoms with Gasteiger partial charge in [-0.05, 0) is 55.5 Å². The molecule has 0 spiro atoms. The smallest absolute Gasteiger partial charge is 0.335 e. The zero-order chi connectivity index (χ0) is 15.4. The number of carboxylic acid groups (broad SMARTS) is 1. The zero-order valence-corrected chi connectivity index (χ0v) is 11.4. The number of nitrogens with zero attached hydrogens (tertiary/aromatic N) is 1. The van der Waals surface area contributed by atoms with Crippen LogP contribution in [0.2, 0.25) is 0 Å². The van der Waals surface area contributed by atoms with Gasteiger partial charge < -0.3 is 10.0 Å². The molecule has 0 aromatic heterocycles. The fraction of sp³-hybridized carbons (Fsp3) is 0.125. The fourth-order valence-electron chi connectivity index (χ4n) is 1.98. The topological polar surface area (TPSA) is 57.6 Å². The lowest BCUT2D eigenvalue weighted by Gasteiger charge is -2.21. The van der Waals surface area contributed by atoms with Gasteiger partial charge in [-0.25, -0.2) is 9.18 Å². The number of halogens is 1. The molecule has 0 atom stereocenters. The summed E-state index contributed by atoms with van der Waals surface area (Å²) < 4.78 is 12.9. The van der Waals surface area contributed by atoms with Gasteiger partial charge in [0.25, 0.3) is 5.91 Å². The molecule has 0 unspecified atom stereocenters. The number of hydrogen-bond donors (Lipinski definition) is 1. The van der Waals surface area contributed by atoms with Crippen molar-refractivity contribution in [2.45, 2.75) is 6.92 Å². The number of carbonyl (C=O) groups excluding carboxylic acids is 1. The van der Waals surface area contributed by atoms with Gasteiger partial charge in [-0.15, -0.1) is 0 Å². The van der Waals surface area contributed by atoms with Crippen LogP contribution in [-0.2, 0) is 0 Å². The molecule has 5 heteroatoms. The first kappa shape index (κ1) is 14.7. The fourth-order valence-corrected chi connectivity index (χ4v) is 1.98. The van der Waals surface area contributed by atoms with Crippen LogP contribution in [0, 0.1) is 5.82 Å². The molecule has 1 amide bonds. The molecule has 108 valence electrons. The molecule has 0 fully saturated rings.